The van der Waals surface area contributed by atoms with Crippen molar-refractivity contribution in [1.82, 2.24) is 10.6 Å². The Morgan fingerprint density at radius 3 is 2.90 bits per heavy atom. The van der Waals surface area contributed by atoms with E-state index in [2.05, 4.69) is 10.6 Å². The van der Waals surface area contributed by atoms with Crippen LogP contribution < -0.4 is 15.4 Å². The van der Waals surface area contributed by atoms with Crippen LogP contribution in [0.2, 0.25) is 0 Å². The molecule has 1 amide bonds. The van der Waals surface area contributed by atoms with Crippen LogP contribution in [0, 0.1) is 0 Å². The molecule has 1 aliphatic heterocycles. The maximum atomic E-state index is 12.1. The third-order valence-electron chi connectivity index (χ3n) is 3.76. The summed E-state index contributed by atoms with van der Waals surface area (Å²) < 4.78 is 10.5. The fraction of sp³-hybridized carbons (Fsp3) is 0.562. The second-order valence-corrected chi connectivity index (χ2v) is 5.46. The van der Waals surface area contributed by atoms with Crippen LogP contribution in [-0.2, 0) is 9.53 Å². The summed E-state index contributed by atoms with van der Waals surface area (Å²) in [6, 6.07) is 7.82. The van der Waals surface area contributed by atoms with E-state index >= 15 is 0 Å². The lowest BCUT2D eigenvalue weighted by Gasteiger charge is -2.21. The molecule has 0 unspecified atom stereocenters. The molecule has 5 heteroatoms. The SMILES string of the molecule is COc1cccc([C@H](C)N[C@@H](C)C(=O)N[C@H]2CCOC2)c1. The van der Waals surface area contributed by atoms with E-state index in [4.69, 9.17) is 9.47 Å². The molecule has 0 aromatic heterocycles. The van der Waals surface area contributed by atoms with Gasteiger partial charge in [0.2, 0.25) is 5.91 Å². The molecule has 1 aliphatic rings. The lowest BCUT2D eigenvalue weighted by atomic mass is 10.1. The van der Waals surface area contributed by atoms with Gasteiger partial charge in [-0.2, -0.15) is 0 Å². The van der Waals surface area contributed by atoms with E-state index < -0.39 is 0 Å². The smallest absolute Gasteiger partial charge is 0.237 e. The van der Waals surface area contributed by atoms with E-state index in [0.29, 0.717) is 6.61 Å². The largest absolute Gasteiger partial charge is 0.497 e. The van der Waals surface area contributed by atoms with Crippen molar-refractivity contribution in [2.45, 2.75) is 38.4 Å². The van der Waals surface area contributed by atoms with Crippen molar-refractivity contribution < 1.29 is 14.3 Å². The van der Waals surface area contributed by atoms with Gasteiger partial charge in [0.25, 0.3) is 0 Å². The highest BCUT2D eigenvalue weighted by Crippen LogP contribution is 2.19. The summed E-state index contributed by atoms with van der Waals surface area (Å²) in [5.41, 5.74) is 1.10. The zero-order valence-electron chi connectivity index (χ0n) is 12.9. The van der Waals surface area contributed by atoms with Crippen molar-refractivity contribution in [3.63, 3.8) is 0 Å². The van der Waals surface area contributed by atoms with Crippen molar-refractivity contribution in [2.75, 3.05) is 20.3 Å². The number of amides is 1. The topological polar surface area (TPSA) is 59.6 Å². The molecule has 1 saturated heterocycles. The average molecular weight is 292 g/mol. The molecular weight excluding hydrogens is 268 g/mol. The van der Waals surface area contributed by atoms with Gasteiger partial charge >= 0.3 is 0 Å². The number of methoxy groups -OCH3 is 1. The predicted octanol–water partition coefficient (Wildman–Crippen LogP) is 1.64. The summed E-state index contributed by atoms with van der Waals surface area (Å²) in [6.45, 7) is 5.26. The van der Waals surface area contributed by atoms with Crippen LogP contribution in [0.3, 0.4) is 0 Å². The molecule has 0 bridgehead atoms. The summed E-state index contributed by atoms with van der Waals surface area (Å²) >= 11 is 0. The predicted molar refractivity (Wildman–Crippen MR) is 81.4 cm³/mol. The number of hydrogen-bond donors (Lipinski definition) is 2. The van der Waals surface area contributed by atoms with Gasteiger partial charge in [0.1, 0.15) is 5.75 Å². The van der Waals surface area contributed by atoms with Crippen LogP contribution in [0.25, 0.3) is 0 Å². The molecule has 0 spiro atoms. The van der Waals surface area contributed by atoms with E-state index in [1.165, 1.54) is 0 Å². The minimum atomic E-state index is -0.258. The molecule has 116 valence electrons. The van der Waals surface area contributed by atoms with Crippen LogP contribution in [0.15, 0.2) is 24.3 Å². The van der Waals surface area contributed by atoms with E-state index in [1.54, 1.807) is 7.11 Å². The Hall–Kier alpha value is -1.59. The van der Waals surface area contributed by atoms with Crippen LogP contribution in [0.1, 0.15) is 31.9 Å². The maximum Gasteiger partial charge on any atom is 0.237 e. The Morgan fingerprint density at radius 1 is 1.43 bits per heavy atom. The summed E-state index contributed by atoms with van der Waals surface area (Å²) in [6.07, 6.45) is 0.893. The van der Waals surface area contributed by atoms with Gasteiger partial charge < -0.3 is 14.8 Å². The number of hydrogen-bond acceptors (Lipinski definition) is 4. The van der Waals surface area contributed by atoms with Crippen molar-refractivity contribution in [1.29, 1.82) is 0 Å². The van der Waals surface area contributed by atoms with Gasteiger partial charge in [0.05, 0.1) is 25.8 Å². The summed E-state index contributed by atoms with van der Waals surface area (Å²) in [7, 11) is 1.65. The van der Waals surface area contributed by atoms with Gasteiger partial charge in [-0.05, 0) is 38.0 Å². The molecule has 2 rings (SSSR count). The number of nitrogens with one attached hydrogen (secondary N) is 2. The van der Waals surface area contributed by atoms with Gasteiger partial charge in [-0.25, -0.2) is 0 Å². The molecule has 0 saturated carbocycles. The summed E-state index contributed by atoms with van der Waals surface area (Å²) in [4.78, 5) is 12.1. The molecular formula is C16H24N2O3. The first-order valence-corrected chi connectivity index (χ1v) is 7.38. The molecule has 21 heavy (non-hydrogen) atoms. The van der Waals surface area contributed by atoms with Crippen LogP contribution >= 0.6 is 0 Å². The number of benzene rings is 1. The normalized spacial score (nSPS) is 20.8. The Bertz CT molecular complexity index is 472. The third-order valence-corrected chi connectivity index (χ3v) is 3.76. The fourth-order valence-corrected chi connectivity index (χ4v) is 2.43. The maximum absolute atomic E-state index is 12.1. The van der Waals surface area contributed by atoms with Gasteiger partial charge in [0, 0.05) is 12.6 Å². The van der Waals surface area contributed by atoms with Crippen LogP contribution in [-0.4, -0.2) is 38.3 Å². The number of carbonyl (C=O) groups excluding carboxylic acids is 1. The van der Waals surface area contributed by atoms with Gasteiger partial charge in [-0.3, -0.25) is 10.1 Å². The quantitative estimate of drug-likeness (QED) is 0.837. The molecule has 0 radical (unpaired) electrons. The fourth-order valence-electron chi connectivity index (χ4n) is 2.43. The second kappa shape index (κ2) is 7.43. The second-order valence-electron chi connectivity index (χ2n) is 5.46. The van der Waals surface area contributed by atoms with E-state index in [1.807, 2.05) is 38.1 Å². The molecule has 1 heterocycles. The van der Waals surface area contributed by atoms with Crippen LogP contribution in [0.5, 0.6) is 5.75 Å². The molecule has 0 aliphatic carbocycles. The van der Waals surface area contributed by atoms with E-state index in [-0.39, 0.29) is 24.0 Å². The highest BCUT2D eigenvalue weighted by atomic mass is 16.5. The van der Waals surface area contributed by atoms with E-state index in [9.17, 15) is 4.79 Å². The number of carbonyl (C=O) groups is 1. The first-order valence-electron chi connectivity index (χ1n) is 7.38. The molecule has 5 nitrogen and oxygen atoms in total. The molecule has 1 aromatic rings. The minimum Gasteiger partial charge on any atom is -0.497 e. The van der Waals surface area contributed by atoms with Crippen molar-refractivity contribution in [2.24, 2.45) is 0 Å². The Labute approximate surface area is 126 Å². The van der Waals surface area contributed by atoms with Crippen molar-refractivity contribution >= 4 is 5.91 Å². The summed E-state index contributed by atoms with van der Waals surface area (Å²) in [5.74, 6) is 0.835. The third kappa shape index (κ3) is 4.44. The standard InChI is InChI=1S/C16H24N2O3/c1-11(13-5-4-6-15(9-13)20-3)17-12(2)16(19)18-14-7-8-21-10-14/h4-6,9,11-12,14,17H,7-8,10H2,1-3H3,(H,18,19)/t11-,12-,14-/m0/s1. The monoisotopic (exact) mass is 292 g/mol. The minimum absolute atomic E-state index is 0.0141. The zero-order chi connectivity index (χ0) is 15.2. The average Bonchev–Trinajstić information content (AvgIpc) is 3.00. The highest BCUT2D eigenvalue weighted by molar-refractivity contribution is 5.81. The van der Waals surface area contributed by atoms with Crippen LogP contribution in [0.4, 0.5) is 0 Å². The lowest BCUT2D eigenvalue weighted by molar-refractivity contribution is -0.123. The van der Waals surface area contributed by atoms with Gasteiger partial charge in [-0.1, -0.05) is 12.1 Å². The molecule has 3 atom stereocenters. The first kappa shape index (κ1) is 15.8. The van der Waals surface area contributed by atoms with Gasteiger partial charge in [-0.15, -0.1) is 0 Å². The highest BCUT2D eigenvalue weighted by Gasteiger charge is 2.22. The number of ether oxygens (including phenoxy) is 2. The number of rotatable bonds is 6. The van der Waals surface area contributed by atoms with Crippen molar-refractivity contribution in [3.8, 4) is 5.75 Å². The molecule has 1 fully saturated rings. The first-order chi connectivity index (χ1) is 10.1. The Balaban J connectivity index is 1.88. The summed E-state index contributed by atoms with van der Waals surface area (Å²) in [5, 5.41) is 6.32. The zero-order valence-corrected chi connectivity index (χ0v) is 12.9. The Morgan fingerprint density at radius 2 is 2.24 bits per heavy atom. The lowest BCUT2D eigenvalue weighted by Crippen LogP contribution is -2.47. The Kier molecular flexibility index (Phi) is 5.59. The van der Waals surface area contributed by atoms with Crippen molar-refractivity contribution in [3.05, 3.63) is 29.8 Å². The molecule has 2 N–H and O–H groups in total. The molecule has 1 aromatic carbocycles. The van der Waals surface area contributed by atoms with Gasteiger partial charge in [0.15, 0.2) is 0 Å². The van der Waals surface area contributed by atoms with E-state index in [0.717, 1.165) is 24.3 Å².